The van der Waals surface area contributed by atoms with Gasteiger partial charge in [0.25, 0.3) is 0 Å². The number of aryl methyl sites for hydroxylation is 1. The molecule has 0 aliphatic carbocycles. The summed E-state index contributed by atoms with van der Waals surface area (Å²) in [7, 11) is 0. The van der Waals surface area contributed by atoms with Gasteiger partial charge in [-0.1, -0.05) is 0 Å². The molecule has 3 heteroatoms. The average molecular weight is 182 g/mol. The van der Waals surface area contributed by atoms with Crippen molar-refractivity contribution in [2.45, 2.75) is 13.0 Å². The molecule has 0 bridgehead atoms. The molecule has 0 aromatic carbocycles. The van der Waals surface area contributed by atoms with Gasteiger partial charge in [-0.3, -0.25) is 0 Å². The number of hydrogen-bond donors (Lipinski definition) is 2. The fourth-order valence-corrected chi connectivity index (χ4v) is 2.58. The van der Waals surface area contributed by atoms with Crippen LogP contribution in [0.15, 0.2) is 11.4 Å². The van der Waals surface area contributed by atoms with Gasteiger partial charge in [0, 0.05) is 24.5 Å². The summed E-state index contributed by atoms with van der Waals surface area (Å²) < 4.78 is 0. The highest BCUT2D eigenvalue weighted by molar-refractivity contribution is 7.10. The van der Waals surface area contributed by atoms with E-state index in [0.29, 0.717) is 6.04 Å². The van der Waals surface area contributed by atoms with Gasteiger partial charge in [0.2, 0.25) is 0 Å². The van der Waals surface area contributed by atoms with E-state index in [9.17, 15) is 0 Å². The smallest absolute Gasteiger partial charge is 0.0544 e. The molecule has 1 atom stereocenters. The largest absolute Gasteiger partial charge is 0.314 e. The highest BCUT2D eigenvalue weighted by Crippen LogP contribution is 2.23. The van der Waals surface area contributed by atoms with Crippen molar-refractivity contribution in [2.24, 2.45) is 0 Å². The topological polar surface area (TPSA) is 24.1 Å². The molecule has 1 unspecified atom stereocenters. The third-order valence-electron chi connectivity index (χ3n) is 2.26. The lowest BCUT2D eigenvalue weighted by molar-refractivity contribution is 0.434. The average Bonchev–Trinajstić information content (AvgIpc) is 2.53. The van der Waals surface area contributed by atoms with Crippen molar-refractivity contribution in [2.75, 3.05) is 19.6 Å². The van der Waals surface area contributed by atoms with Crippen LogP contribution in [0.2, 0.25) is 0 Å². The Bertz CT molecular complexity index is 251. The molecule has 1 aromatic rings. The minimum Gasteiger partial charge on any atom is -0.314 e. The molecule has 0 amide bonds. The predicted molar refractivity (Wildman–Crippen MR) is 52.7 cm³/mol. The molecule has 1 aromatic heterocycles. The van der Waals surface area contributed by atoms with Gasteiger partial charge in [-0.05, 0) is 23.9 Å². The van der Waals surface area contributed by atoms with Crippen LogP contribution in [0.3, 0.4) is 0 Å². The maximum atomic E-state index is 3.51. The fourth-order valence-electron chi connectivity index (χ4n) is 1.58. The Morgan fingerprint density at radius 1 is 1.50 bits per heavy atom. The van der Waals surface area contributed by atoms with Gasteiger partial charge in [0.05, 0.1) is 6.04 Å². The number of nitrogens with one attached hydrogen (secondary N) is 2. The van der Waals surface area contributed by atoms with Crippen LogP contribution < -0.4 is 10.6 Å². The van der Waals surface area contributed by atoms with Gasteiger partial charge in [0.15, 0.2) is 0 Å². The van der Waals surface area contributed by atoms with Crippen molar-refractivity contribution in [1.82, 2.24) is 10.6 Å². The molecular formula is C9H14N2S. The Balaban J connectivity index is 2.13. The van der Waals surface area contributed by atoms with Crippen molar-refractivity contribution >= 4 is 11.3 Å². The second-order valence-corrected chi connectivity index (χ2v) is 4.13. The SMILES string of the molecule is Cc1ccsc1C1CNCCN1. The monoisotopic (exact) mass is 182 g/mol. The van der Waals surface area contributed by atoms with Crippen LogP contribution in [-0.4, -0.2) is 19.6 Å². The zero-order chi connectivity index (χ0) is 8.39. The van der Waals surface area contributed by atoms with Crippen LogP contribution in [0.5, 0.6) is 0 Å². The van der Waals surface area contributed by atoms with Gasteiger partial charge in [-0.25, -0.2) is 0 Å². The molecular weight excluding hydrogens is 168 g/mol. The van der Waals surface area contributed by atoms with Crippen LogP contribution in [0.1, 0.15) is 16.5 Å². The molecule has 2 N–H and O–H groups in total. The third-order valence-corrected chi connectivity index (χ3v) is 3.39. The summed E-state index contributed by atoms with van der Waals surface area (Å²) in [6.07, 6.45) is 0. The van der Waals surface area contributed by atoms with E-state index in [1.807, 2.05) is 11.3 Å². The van der Waals surface area contributed by atoms with Gasteiger partial charge in [0.1, 0.15) is 0 Å². The molecule has 1 saturated heterocycles. The van der Waals surface area contributed by atoms with E-state index in [-0.39, 0.29) is 0 Å². The minimum atomic E-state index is 0.541. The quantitative estimate of drug-likeness (QED) is 0.684. The highest BCUT2D eigenvalue weighted by Gasteiger charge is 2.16. The first-order valence-electron chi connectivity index (χ1n) is 4.36. The van der Waals surface area contributed by atoms with Crippen molar-refractivity contribution in [3.63, 3.8) is 0 Å². The minimum absolute atomic E-state index is 0.541. The van der Waals surface area contributed by atoms with Gasteiger partial charge >= 0.3 is 0 Å². The number of thiophene rings is 1. The maximum Gasteiger partial charge on any atom is 0.0544 e. The van der Waals surface area contributed by atoms with E-state index >= 15 is 0 Å². The highest BCUT2D eigenvalue weighted by atomic mass is 32.1. The molecule has 0 saturated carbocycles. The summed E-state index contributed by atoms with van der Waals surface area (Å²) in [5.74, 6) is 0. The standard InChI is InChI=1S/C9H14N2S/c1-7-2-5-12-9(7)8-6-10-3-4-11-8/h2,5,8,10-11H,3-4,6H2,1H3. The summed E-state index contributed by atoms with van der Waals surface area (Å²) in [5, 5.41) is 9.07. The summed E-state index contributed by atoms with van der Waals surface area (Å²) in [5.41, 5.74) is 1.42. The van der Waals surface area contributed by atoms with Crippen LogP contribution in [0.4, 0.5) is 0 Å². The number of rotatable bonds is 1. The van der Waals surface area contributed by atoms with E-state index in [0.717, 1.165) is 19.6 Å². The molecule has 12 heavy (non-hydrogen) atoms. The zero-order valence-electron chi connectivity index (χ0n) is 7.26. The lowest BCUT2D eigenvalue weighted by Gasteiger charge is -2.24. The molecule has 0 spiro atoms. The first-order chi connectivity index (χ1) is 5.88. The second kappa shape index (κ2) is 3.56. The Morgan fingerprint density at radius 2 is 2.42 bits per heavy atom. The van der Waals surface area contributed by atoms with E-state index in [1.165, 1.54) is 10.4 Å². The van der Waals surface area contributed by atoms with Crippen LogP contribution in [0.25, 0.3) is 0 Å². The van der Waals surface area contributed by atoms with Gasteiger partial charge in [-0.2, -0.15) is 0 Å². The zero-order valence-corrected chi connectivity index (χ0v) is 8.08. The molecule has 1 aliphatic heterocycles. The summed E-state index contributed by atoms with van der Waals surface area (Å²) in [4.78, 5) is 1.49. The van der Waals surface area contributed by atoms with Gasteiger partial charge < -0.3 is 10.6 Å². The molecule has 1 fully saturated rings. The molecule has 0 radical (unpaired) electrons. The third kappa shape index (κ3) is 1.53. The van der Waals surface area contributed by atoms with E-state index in [2.05, 4.69) is 29.0 Å². The van der Waals surface area contributed by atoms with Crippen LogP contribution in [-0.2, 0) is 0 Å². The van der Waals surface area contributed by atoms with Crippen molar-refractivity contribution in [1.29, 1.82) is 0 Å². The molecule has 1 aliphatic rings. The molecule has 2 nitrogen and oxygen atoms in total. The van der Waals surface area contributed by atoms with E-state index < -0.39 is 0 Å². The number of piperazine rings is 1. The Labute approximate surface area is 77.0 Å². The lowest BCUT2D eigenvalue weighted by atomic mass is 10.1. The Hall–Kier alpha value is -0.380. The first-order valence-corrected chi connectivity index (χ1v) is 5.24. The fraction of sp³-hybridized carbons (Fsp3) is 0.556. The predicted octanol–water partition coefficient (Wildman–Crippen LogP) is 1.29. The lowest BCUT2D eigenvalue weighted by Crippen LogP contribution is -2.42. The van der Waals surface area contributed by atoms with Crippen LogP contribution >= 0.6 is 11.3 Å². The summed E-state index contributed by atoms with van der Waals surface area (Å²) in [6.45, 7) is 5.44. The molecule has 66 valence electrons. The number of hydrogen-bond acceptors (Lipinski definition) is 3. The first kappa shape index (κ1) is 8.23. The second-order valence-electron chi connectivity index (χ2n) is 3.18. The Kier molecular flexibility index (Phi) is 2.44. The summed E-state index contributed by atoms with van der Waals surface area (Å²) in [6, 6.07) is 2.73. The van der Waals surface area contributed by atoms with Crippen molar-refractivity contribution < 1.29 is 0 Å². The van der Waals surface area contributed by atoms with Crippen LogP contribution in [0, 0.1) is 6.92 Å². The Morgan fingerprint density at radius 3 is 3.00 bits per heavy atom. The normalized spacial score (nSPS) is 24.2. The van der Waals surface area contributed by atoms with Crippen molar-refractivity contribution in [3.05, 3.63) is 21.9 Å². The van der Waals surface area contributed by atoms with E-state index in [4.69, 9.17) is 0 Å². The summed E-state index contributed by atoms with van der Waals surface area (Å²) >= 11 is 1.85. The van der Waals surface area contributed by atoms with Crippen molar-refractivity contribution in [3.8, 4) is 0 Å². The van der Waals surface area contributed by atoms with Gasteiger partial charge in [-0.15, -0.1) is 11.3 Å². The molecule has 2 rings (SSSR count). The van der Waals surface area contributed by atoms with E-state index in [1.54, 1.807) is 0 Å². The molecule has 2 heterocycles. The maximum absolute atomic E-state index is 3.51.